The summed E-state index contributed by atoms with van der Waals surface area (Å²) in [5.41, 5.74) is 6.67. The van der Waals surface area contributed by atoms with Gasteiger partial charge < -0.3 is 35.7 Å². The van der Waals surface area contributed by atoms with Gasteiger partial charge in [0.05, 0.1) is 12.0 Å². The van der Waals surface area contributed by atoms with Crippen LogP contribution in [0.2, 0.25) is 0 Å². The highest BCUT2D eigenvalue weighted by Gasteiger charge is 2.36. The summed E-state index contributed by atoms with van der Waals surface area (Å²) in [7, 11) is 2.94. The zero-order chi connectivity index (χ0) is 33.4. The van der Waals surface area contributed by atoms with Crippen LogP contribution in [0.5, 0.6) is 0 Å². The van der Waals surface area contributed by atoms with Gasteiger partial charge in [-0.3, -0.25) is 19.2 Å². The summed E-state index contributed by atoms with van der Waals surface area (Å²) >= 11 is 0. The van der Waals surface area contributed by atoms with Crippen molar-refractivity contribution < 1.29 is 33.2 Å². The largest absolute Gasteiger partial charge is 0.364 e. The summed E-state index contributed by atoms with van der Waals surface area (Å²) in [4.78, 5) is 53.1. The number of nitrogens with zero attached hydrogens (tertiary/aromatic N) is 1. The molecule has 12 heteroatoms. The van der Waals surface area contributed by atoms with Crippen molar-refractivity contribution in [3.8, 4) is 0 Å². The summed E-state index contributed by atoms with van der Waals surface area (Å²) in [6.07, 6.45) is 1.52. The molecule has 2 aromatic carbocycles. The van der Waals surface area contributed by atoms with Crippen LogP contribution < -0.4 is 21.7 Å². The Balaban J connectivity index is 1.65. The number of nitrogens with one attached hydrogen (secondary N) is 3. The molecule has 0 unspecified atom stereocenters. The van der Waals surface area contributed by atoms with Gasteiger partial charge >= 0.3 is 0 Å². The molecule has 0 bridgehead atoms. The molecule has 1 aliphatic heterocycles. The molecule has 3 aromatic rings. The molecule has 1 fully saturated rings. The maximum Gasteiger partial charge on any atom is 0.271 e. The minimum absolute atomic E-state index is 0.0364. The Morgan fingerprint density at radius 2 is 1.78 bits per heavy atom. The minimum Gasteiger partial charge on any atom is -0.364 e. The maximum atomic E-state index is 14.3. The predicted octanol–water partition coefficient (Wildman–Crippen LogP) is 3.11. The molecule has 4 rings (SSSR count). The number of methoxy groups -OCH3 is 2. The Morgan fingerprint density at radius 1 is 1.07 bits per heavy atom. The van der Waals surface area contributed by atoms with Crippen LogP contribution in [0.25, 0.3) is 10.8 Å². The summed E-state index contributed by atoms with van der Waals surface area (Å²) in [5, 5.41) is 14.6. The lowest BCUT2D eigenvalue weighted by molar-refractivity contribution is -0.145. The van der Waals surface area contributed by atoms with E-state index in [2.05, 4.69) is 21.1 Å². The van der Waals surface area contributed by atoms with E-state index in [1.54, 1.807) is 6.92 Å². The number of benzene rings is 2. The lowest BCUT2D eigenvalue weighted by atomic mass is 9.87. The van der Waals surface area contributed by atoms with Crippen molar-refractivity contribution in [2.75, 3.05) is 20.8 Å². The zero-order valence-corrected chi connectivity index (χ0v) is 27.1. The molecule has 12 nitrogen and oxygen atoms in total. The van der Waals surface area contributed by atoms with Crippen LogP contribution in [0.4, 0.5) is 0 Å². The smallest absolute Gasteiger partial charge is 0.271 e. The van der Waals surface area contributed by atoms with Crippen molar-refractivity contribution in [2.45, 2.75) is 77.2 Å². The van der Waals surface area contributed by atoms with Crippen LogP contribution in [0.15, 0.2) is 47.0 Å². The molecular weight excluding hydrogens is 590 g/mol. The maximum absolute atomic E-state index is 14.3. The number of piperidine rings is 1. The molecule has 4 amide bonds. The summed E-state index contributed by atoms with van der Waals surface area (Å²) in [6, 6.07) is 12.0. The number of rotatable bonds is 15. The Kier molecular flexibility index (Phi) is 11.9. The molecule has 1 saturated heterocycles. The first kappa shape index (κ1) is 34.6. The molecule has 4 atom stereocenters. The molecule has 1 aromatic heterocycles. The van der Waals surface area contributed by atoms with Crippen LogP contribution in [-0.4, -0.2) is 67.9 Å². The number of nitrogens with two attached hydrogens (primary N) is 1. The second-order valence-electron chi connectivity index (χ2n) is 12.3. The monoisotopic (exact) mass is 635 g/mol. The SMILES string of the molecule is COC(OC)[C@H](C[C@@H]1CCCNC1=O)NC(=O)[C@H](CC(C)C)NC(=O)[C@@H](Cc1cccc2ccccc12)c1c(C(N)=O)noc1C. The topological polar surface area (TPSA) is 175 Å². The fourth-order valence-corrected chi connectivity index (χ4v) is 6.27. The minimum atomic E-state index is -0.950. The van der Waals surface area contributed by atoms with Crippen molar-refractivity contribution in [1.82, 2.24) is 21.1 Å². The zero-order valence-electron chi connectivity index (χ0n) is 27.1. The molecule has 46 heavy (non-hydrogen) atoms. The number of carbonyl (C=O) groups excluding carboxylic acids is 4. The molecule has 0 aliphatic carbocycles. The normalized spacial score (nSPS) is 17.0. The third-order valence-corrected chi connectivity index (χ3v) is 8.51. The molecule has 0 spiro atoms. The lowest BCUT2D eigenvalue weighted by Crippen LogP contribution is -2.55. The average Bonchev–Trinajstić information content (AvgIpc) is 3.42. The molecule has 248 valence electrons. The number of primary amides is 1. The van der Waals surface area contributed by atoms with E-state index in [-0.39, 0.29) is 41.2 Å². The highest BCUT2D eigenvalue weighted by atomic mass is 16.7. The molecular formula is C34H45N5O7. The first-order valence-corrected chi connectivity index (χ1v) is 15.7. The number of ether oxygens (including phenoxy) is 2. The summed E-state index contributed by atoms with van der Waals surface area (Å²) in [5.74, 6) is -2.77. The van der Waals surface area contributed by atoms with E-state index < -0.39 is 42.0 Å². The third kappa shape index (κ3) is 8.29. The Labute approximate surface area is 269 Å². The van der Waals surface area contributed by atoms with Gasteiger partial charge in [0.15, 0.2) is 12.0 Å². The van der Waals surface area contributed by atoms with Gasteiger partial charge in [-0.2, -0.15) is 0 Å². The van der Waals surface area contributed by atoms with Crippen LogP contribution in [0, 0.1) is 18.8 Å². The Morgan fingerprint density at radius 3 is 2.46 bits per heavy atom. The Hall–Kier alpha value is -4.29. The van der Waals surface area contributed by atoms with Gasteiger partial charge in [-0.05, 0) is 61.3 Å². The highest BCUT2D eigenvalue weighted by Crippen LogP contribution is 2.31. The molecule has 0 saturated carbocycles. The summed E-state index contributed by atoms with van der Waals surface area (Å²) in [6.45, 7) is 6.15. The van der Waals surface area contributed by atoms with Crippen LogP contribution in [0.1, 0.15) is 72.8 Å². The van der Waals surface area contributed by atoms with Crippen molar-refractivity contribution in [2.24, 2.45) is 17.6 Å². The fourth-order valence-electron chi connectivity index (χ4n) is 6.27. The van der Waals surface area contributed by atoms with Crippen LogP contribution in [0.3, 0.4) is 0 Å². The molecule has 1 aliphatic rings. The second-order valence-corrected chi connectivity index (χ2v) is 12.3. The van der Waals surface area contributed by atoms with E-state index in [4.69, 9.17) is 19.7 Å². The van der Waals surface area contributed by atoms with Crippen molar-refractivity contribution >= 4 is 34.4 Å². The van der Waals surface area contributed by atoms with E-state index in [1.807, 2.05) is 56.3 Å². The number of aromatic nitrogens is 1. The molecule has 5 N–H and O–H groups in total. The van der Waals surface area contributed by atoms with Crippen molar-refractivity contribution in [3.05, 3.63) is 65.0 Å². The average molecular weight is 636 g/mol. The van der Waals surface area contributed by atoms with Gasteiger partial charge in [-0.25, -0.2) is 0 Å². The lowest BCUT2D eigenvalue weighted by Gasteiger charge is -2.32. The van der Waals surface area contributed by atoms with E-state index in [1.165, 1.54) is 14.2 Å². The van der Waals surface area contributed by atoms with Gasteiger partial charge in [0.1, 0.15) is 11.8 Å². The van der Waals surface area contributed by atoms with Gasteiger partial charge in [0.25, 0.3) is 5.91 Å². The number of aryl methyl sites for hydroxylation is 1. The van der Waals surface area contributed by atoms with Gasteiger partial charge in [0, 0.05) is 32.2 Å². The number of amides is 4. The van der Waals surface area contributed by atoms with Crippen molar-refractivity contribution in [3.63, 3.8) is 0 Å². The molecule has 2 heterocycles. The first-order valence-electron chi connectivity index (χ1n) is 15.7. The van der Waals surface area contributed by atoms with Gasteiger partial charge in [0.2, 0.25) is 17.7 Å². The number of hydrogen-bond donors (Lipinski definition) is 4. The standard InChI is InChI=1S/C34H45N5O7/c1-19(2)16-26(33(43)38-27(34(44-4)45-5)18-23-13-9-15-36-31(23)41)37-32(42)25(28-20(3)46-39-29(28)30(35)40)17-22-12-8-11-21-10-6-7-14-24(21)22/h6-8,10-12,14,19,23,25-27,34H,9,13,15-18H2,1-5H3,(H2,35,40)(H,36,41)(H,37,42)(H,38,43)/t23-,25-,26-,27-/m0/s1. The number of carbonyl (C=O) groups is 4. The van der Waals surface area contributed by atoms with Crippen molar-refractivity contribution in [1.29, 1.82) is 0 Å². The van der Waals surface area contributed by atoms with Crippen LogP contribution in [-0.2, 0) is 30.3 Å². The molecule has 0 radical (unpaired) electrons. The fraction of sp³-hybridized carbons (Fsp3) is 0.500. The summed E-state index contributed by atoms with van der Waals surface area (Å²) < 4.78 is 16.3. The highest BCUT2D eigenvalue weighted by molar-refractivity contribution is 5.97. The first-order chi connectivity index (χ1) is 22.0. The number of fused-ring (bicyclic) bond motifs is 1. The van der Waals surface area contributed by atoms with Gasteiger partial charge in [-0.15, -0.1) is 0 Å². The van der Waals surface area contributed by atoms with E-state index in [0.29, 0.717) is 25.8 Å². The van der Waals surface area contributed by atoms with E-state index >= 15 is 0 Å². The quantitative estimate of drug-likeness (QED) is 0.184. The third-order valence-electron chi connectivity index (χ3n) is 8.51. The Bertz CT molecular complexity index is 1530. The predicted molar refractivity (Wildman–Crippen MR) is 172 cm³/mol. The van der Waals surface area contributed by atoms with Gasteiger partial charge in [-0.1, -0.05) is 61.5 Å². The van der Waals surface area contributed by atoms with Crippen LogP contribution >= 0.6 is 0 Å². The number of hydrogen-bond acceptors (Lipinski definition) is 8. The van der Waals surface area contributed by atoms with E-state index in [0.717, 1.165) is 22.8 Å². The van der Waals surface area contributed by atoms with E-state index in [9.17, 15) is 19.2 Å². The second kappa shape index (κ2) is 15.8.